The fourth-order valence-electron chi connectivity index (χ4n) is 3.30. The maximum absolute atomic E-state index is 13.4. The maximum Gasteiger partial charge on any atom is 0.230 e. The van der Waals surface area contributed by atoms with E-state index in [0.717, 1.165) is 12.8 Å². The minimum Gasteiger partial charge on any atom is -0.372 e. The predicted molar refractivity (Wildman–Crippen MR) is 121 cm³/mol. The molecule has 1 aromatic rings. The predicted octanol–water partition coefficient (Wildman–Crippen LogP) is -0.777. The van der Waals surface area contributed by atoms with E-state index in [1.54, 1.807) is 19.2 Å². The van der Waals surface area contributed by atoms with E-state index in [1.807, 2.05) is 0 Å². The highest BCUT2D eigenvalue weighted by Gasteiger charge is 2.51. The number of hydrogen-bond acceptors (Lipinski definition) is 5. The van der Waals surface area contributed by atoms with Crippen LogP contribution in [0.15, 0.2) is 29.3 Å². The van der Waals surface area contributed by atoms with Crippen LogP contribution >= 0.6 is 0 Å². The molecule has 1 aromatic carbocycles. The molecule has 0 spiro atoms. The third-order valence-electron chi connectivity index (χ3n) is 5.14. The maximum atomic E-state index is 13.4. The summed E-state index contributed by atoms with van der Waals surface area (Å²) in [5.41, 5.74) is 14.8. The van der Waals surface area contributed by atoms with E-state index in [2.05, 4.69) is 26.7 Å². The molecule has 0 bridgehead atoms. The molecular formula is C21H34FN7O3. The standard InChI is InChI=1S/C20H31FN6O2.CH3NO/c1-24-16(6-3-9-27-19(22)23)13-17(28)25-10-11-26-18(29)20(7-8-20)14-4-2-5-15(21)12-14;2-1-3/h2,4-5,12,16,24H,3,6-11,13H2,1H3,(H,25,28)(H,26,29)(H4,22,23,27);1H,(H2,2,3). The molecule has 1 saturated carbocycles. The lowest BCUT2D eigenvalue weighted by Gasteiger charge is -2.17. The molecule has 0 aliphatic heterocycles. The molecule has 32 heavy (non-hydrogen) atoms. The summed E-state index contributed by atoms with van der Waals surface area (Å²) in [6.07, 6.45) is 3.54. The molecule has 1 unspecified atom stereocenters. The Morgan fingerprint density at radius 3 is 2.47 bits per heavy atom. The van der Waals surface area contributed by atoms with E-state index in [0.29, 0.717) is 44.5 Å². The first kappa shape index (κ1) is 26.8. The fourth-order valence-corrected chi connectivity index (χ4v) is 3.30. The molecule has 3 amide bonds. The van der Waals surface area contributed by atoms with Crippen molar-refractivity contribution in [3.63, 3.8) is 0 Å². The number of guanidine groups is 1. The van der Waals surface area contributed by atoms with Gasteiger partial charge in [-0.25, -0.2) is 4.39 Å². The number of hydrogen-bond donors (Lipinski definition) is 6. The summed E-state index contributed by atoms with van der Waals surface area (Å²) in [5.74, 6) is -0.487. The number of benzene rings is 1. The zero-order valence-electron chi connectivity index (χ0n) is 18.4. The third-order valence-corrected chi connectivity index (χ3v) is 5.14. The number of aliphatic imine (C=N–C) groups is 1. The molecule has 1 aliphatic rings. The number of halogens is 1. The minimum atomic E-state index is -0.626. The normalized spacial score (nSPS) is 14.2. The van der Waals surface area contributed by atoms with Crippen LogP contribution in [0.3, 0.4) is 0 Å². The summed E-state index contributed by atoms with van der Waals surface area (Å²) in [7, 11) is 1.81. The van der Waals surface area contributed by atoms with Gasteiger partial charge in [-0.3, -0.25) is 19.4 Å². The van der Waals surface area contributed by atoms with Crippen molar-refractivity contribution in [3.8, 4) is 0 Å². The van der Waals surface area contributed by atoms with E-state index < -0.39 is 5.41 Å². The van der Waals surface area contributed by atoms with Crippen LogP contribution in [-0.4, -0.2) is 56.9 Å². The number of amides is 3. The van der Waals surface area contributed by atoms with Gasteiger partial charge in [-0.1, -0.05) is 12.1 Å². The highest BCUT2D eigenvalue weighted by molar-refractivity contribution is 5.91. The first-order valence-electron chi connectivity index (χ1n) is 10.5. The average Bonchev–Trinajstić information content (AvgIpc) is 3.56. The van der Waals surface area contributed by atoms with E-state index in [-0.39, 0.29) is 36.0 Å². The SMILES string of the molecule is CNC(CCCN=C(N)N)CC(=O)NCCNC(=O)C1(c2cccc(F)c2)CC1.NC=O. The molecule has 1 fully saturated rings. The van der Waals surface area contributed by atoms with Gasteiger partial charge in [0.05, 0.1) is 5.41 Å². The number of rotatable bonds is 12. The number of nitrogens with one attached hydrogen (secondary N) is 3. The Bertz CT molecular complexity index is 780. The summed E-state index contributed by atoms with van der Waals surface area (Å²) in [6.45, 7) is 1.20. The Hall–Kier alpha value is -3.21. The second kappa shape index (κ2) is 14.0. The second-order valence-corrected chi connectivity index (χ2v) is 7.47. The Morgan fingerprint density at radius 1 is 1.25 bits per heavy atom. The van der Waals surface area contributed by atoms with Gasteiger partial charge in [0.2, 0.25) is 18.2 Å². The van der Waals surface area contributed by atoms with Crippen LogP contribution in [0.2, 0.25) is 0 Å². The zero-order chi connectivity index (χ0) is 24.0. The number of carbonyl (C=O) groups is 3. The van der Waals surface area contributed by atoms with Gasteiger partial charge in [0.25, 0.3) is 0 Å². The number of carbonyl (C=O) groups excluding carboxylic acids is 3. The van der Waals surface area contributed by atoms with Crippen LogP contribution < -0.4 is 33.2 Å². The smallest absolute Gasteiger partial charge is 0.230 e. The lowest BCUT2D eigenvalue weighted by atomic mass is 9.95. The van der Waals surface area contributed by atoms with Gasteiger partial charge in [-0.2, -0.15) is 0 Å². The van der Waals surface area contributed by atoms with Crippen molar-refractivity contribution in [1.29, 1.82) is 0 Å². The van der Waals surface area contributed by atoms with Gasteiger partial charge >= 0.3 is 0 Å². The molecule has 2 rings (SSSR count). The lowest BCUT2D eigenvalue weighted by molar-refractivity contribution is -0.124. The van der Waals surface area contributed by atoms with Crippen LogP contribution in [-0.2, 0) is 19.8 Å². The van der Waals surface area contributed by atoms with Crippen molar-refractivity contribution in [3.05, 3.63) is 35.6 Å². The Balaban J connectivity index is 0.00000161. The van der Waals surface area contributed by atoms with Crippen molar-refractivity contribution in [2.45, 2.75) is 43.6 Å². The topological polar surface area (TPSA) is 178 Å². The van der Waals surface area contributed by atoms with Crippen LogP contribution in [0, 0.1) is 5.82 Å². The Labute approximate surface area is 187 Å². The molecule has 10 nitrogen and oxygen atoms in total. The zero-order valence-corrected chi connectivity index (χ0v) is 18.4. The van der Waals surface area contributed by atoms with Crippen molar-refractivity contribution >= 4 is 24.2 Å². The van der Waals surface area contributed by atoms with Crippen LogP contribution in [0.4, 0.5) is 4.39 Å². The Kier molecular flexibility index (Phi) is 11.7. The van der Waals surface area contributed by atoms with Gasteiger partial charge in [0.15, 0.2) is 5.96 Å². The number of nitrogens with zero attached hydrogens (tertiary/aromatic N) is 1. The summed E-state index contributed by atoms with van der Waals surface area (Å²) in [6, 6.07) is 6.21. The molecule has 0 radical (unpaired) electrons. The van der Waals surface area contributed by atoms with Gasteiger partial charge in [0, 0.05) is 32.1 Å². The Morgan fingerprint density at radius 2 is 1.91 bits per heavy atom. The molecule has 0 aromatic heterocycles. The average molecular weight is 452 g/mol. The highest BCUT2D eigenvalue weighted by Crippen LogP contribution is 2.48. The van der Waals surface area contributed by atoms with Crippen molar-refractivity contribution < 1.29 is 18.8 Å². The highest BCUT2D eigenvalue weighted by atomic mass is 19.1. The molecule has 0 saturated heterocycles. The van der Waals surface area contributed by atoms with Gasteiger partial charge in [0.1, 0.15) is 5.82 Å². The van der Waals surface area contributed by atoms with E-state index >= 15 is 0 Å². The molecule has 9 N–H and O–H groups in total. The van der Waals surface area contributed by atoms with Crippen molar-refractivity contribution in [2.75, 3.05) is 26.7 Å². The minimum absolute atomic E-state index is 0.0292. The lowest BCUT2D eigenvalue weighted by Crippen LogP contribution is -2.41. The van der Waals surface area contributed by atoms with Crippen LogP contribution in [0.1, 0.15) is 37.7 Å². The molecule has 178 valence electrons. The van der Waals surface area contributed by atoms with Crippen molar-refractivity contribution in [1.82, 2.24) is 16.0 Å². The van der Waals surface area contributed by atoms with Crippen LogP contribution in [0.25, 0.3) is 0 Å². The third kappa shape index (κ3) is 9.29. The second-order valence-electron chi connectivity index (χ2n) is 7.47. The van der Waals surface area contributed by atoms with Gasteiger partial charge in [-0.05, 0) is 50.4 Å². The first-order chi connectivity index (χ1) is 15.3. The summed E-state index contributed by atoms with van der Waals surface area (Å²) in [5, 5.41) is 8.77. The molecular weight excluding hydrogens is 417 g/mol. The van der Waals surface area contributed by atoms with Crippen molar-refractivity contribution in [2.24, 2.45) is 22.2 Å². The summed E-state index contributed by atoms with van der Waals surface area (Å²) >= 11 is 0. The fraction of sp³-hybridized carbons (Fsp3) is 0.524. The quantitative estimate of drug-likeness (QED) is 0.105. The monoisotopic (exact) mass is 451 g/mol. The largest absolute Gasteiger partial charge is 0.372 e. The van der Waals surface area contributed by atoms with Gasteiger partial charge in [-0.15, -0.1) is 0 Å². The molecule has 1 aliphatic carbocycles. The van der Waals surface area contributed by atoms with E-state index in [1.165, 1.54) is 12.1 Å². The summed E-state index contributed by atoms with van der Waals surface area (Å²) in [4.78, 5) is 37.1. The molecule has 1 atom stereocenters. The number of nitrogens with two attached hydrogens (primary N) is 3. The van der Waals surface area contributed by atoms with E-state index in [4.69, 9.17) is 16.3 Å². The van der Waals surface area contributed by atoms with Crippen LogP contribution in [0.5, 0.6) is 0 Å². The number of primary amides is 1. The summed E-state index contributed by atoms with van der Waals surface area (Å²) < 4.78 is 13.4. The van der Waals surface area contributed by atoms with Gasteiger partial charge < -0.3 is 33.2 Å². The first-order valence-corrected chi connectivity index (χ1v) is 10.5. The molecule has 11 heteroatoms. The van der Waals surface area contributed by atoms with E-state index in [9.17, 15) is 14.0 Å². The molecule has 0 heterocycles.